The Kier molecular flexibility index (Phi) is 5.21. The van der Waals surface area contributed by atoms with Crippen LogP contribution in [0.15, 0.2) is 44.1 Å². The lowest BCUT2D eigenvalue weighted by Crippen LogP contribution is -2.23. The first-order chi connectivity index (χ1) is 9.92. The molecule has 2 N–H and O–H groups in total. The number of furan rings is 1. The second kappa shape index (κ2) is 6.74. The molecule has 5 nitrogen and oxygen atoms in total. The fourth-order valence-corrected chi connectivity index (χ4v) is 3.90. The van der Waals surface area contributed by atoms with Crippen LogP contribution in [-0.2, 0) is 23.1 Å². The summed E-state index contributed by atoms with van der Waals surface area (Å²) in [5.74, 6) is 1.33. The lowest BCUT2D eigenvalue weighted by molar-refractivity contribution is 0.475. The van der Waals surface area contributed by atoms with Crippen molar-refractivity contribution < 1.29 is 12.8 Å². The molecule has 0 amide bonds. The summed E-state index contributed by atoms with van der Waals surface area (Å²) in [7, 11) is -1.79. The van der Waals surface area contributed by atoms with Crippen molar-refractivity contribution in [1.82, 2.24) is 10.0 Å². The molecule has 0 radical (unpaired) electrons. The zero-order chi connectivity index (χ0) is 15.5. The van der Waals surface area contributed by atoms with Gasteiger partial charge < -0.3 is 9.73 Å². The van der Waals surface area contributed by atoms with Crippen LogP contribution >= 0.6 is 15.9 Å². The third-order valence-electron chi connectivity index (χ3n) is 2.90. The molecule has 2 aromatic rings. The second-order valence-electron chi connectivity index (χ2n) is 4.63. The number of benzene rings is 1. The fourth-order valence-electron chi connectivity index (χ4n) is 1.89. The highest BCUT2D eigenvalue weighted by Crippen LogP contribution is 2.23. The van der Waals surface area contributed by atoms with Crippen molar-refractivity contribution in [1.29, 1.82) is 0 Å². The molecule has 0 aliphatic heterocycles. The molecular weight excluding hydrogens is 356 g/mol. The Labute approximate surface area is 132 Å². The maximum atomic E-state index is 12.4. The number of aryl methyl sites for hydroxylation is 1. The molecule has 0 aliphatic rings. The third-order valence-corrected chi connectivity index (χ3v) is 5.29. The summed E-state index contributed by atoms with van der Waals surface area (Å²) >= 11 is 3.28. The Balaban J connectivity index is 2.20. The van der Waals surface area contributed by atoms with Gasteiger partial charge in [-0.25, -0.2) is 13.1 Å². The minimum Gasteiger partial charge on any atom is -0.465 e. The van der Waals surface area contributed by atoms with Crippen LogP contribution in [0.25, 0.3) is 0 Å². The normalized spacial score (nSPS) is 11.8. The quantitative estimate of drug-likeness (QED) is 0.817. The van der Waals surface area contributed by atoms with Crippen LogP contribution in [0.5, 0.6) is 0 Å². The predicted octanol–water partition coefficient (Wildman–Crippen LogP) is 2.55. The van der Waals surface area contributed by atoms with Crippen molar-refractivity contribution in [2.75, 3.05) is 7.05 Å². The average Bonchev–Trinajstić information content (AvgIpc) is 2.85. The predicted molar refractivity (Wildman–Crippen MR) is 84.4 cm³/mol. The molecule has 1 aromatic carbocycles. The Bertz CT molecular complexity index is 726. The molecule has 114 valence electrons. The van der Waals surface area contributed by atoms with Gasteiger partial charge >= 0.3 is 0 Å². The summed E-state index contributed by atoms with van der Waals surface area (Å²) in [5, 5.41) is 3.00. The molecule has 1 heterocycles. The van der Waals surface area contributed by atoms with Gasteiger partial charge in [-0.1, -0.05) is 6.07 Å². The van der Waals surface area contributed by atoms with E-state index in [0.717, 1.165) is 11.3 Å². The minimum absolute atomic E-state index is 0.124. The first-order valence-corrected chi connectivity index (χ1v) is 8.68. The van der Waals surface area contributed by atoms with Gasteiger partial charge in [-0.3, -0.25) is 0 Å². The van der Waals surface area contributed by atoms with Gasteiger partial charge in [0.05, 0.1) is 11.4 Å². The van der Waals surface area contributed by atoms with Crippen LogP contribution in [0, 0.1) is 6.92 Å². The molecule has 0 unspecified atom stereocenters. The van der Waals surface area contributed by atoms with Gasteiger partial charge in [0.15, 0.2) is 0 Å². The molecule has 0 saturated heterocycles. The Morgan fingerprint density at radius 3 is 2.57 bits per heavy atom. The van der Waals surface area contributed by atoms with E-state index in [0.29, 0.717) is 16.8 Å². The van der Waals surface area contributed by atoms with E-state index < -0.39 is 10.0 Å². The summed E-state index contributed by atoms with van der Waals surface area (Å²) in [6, 6.07) is 8.81. The minimum atomic E-state index is -3.61. The van der Waals surface area contributed by atoms with Crippen molar-refractivity contribution in [3.05, 3.63) is 51.9 Å². The molecule has 0 saturated carbocycles. The first-order valence-electron chi connectivity index (χ1n) is 6.40. The molecule has 0 aliphatic carbocycles. The van der Waals surface area contributed by atoms with Crippen molar-refractivity contribution in [3.8, 4) is 0 Å². The monoisotopic (exact) mass is 372 g/mol. The summed E-state index contributed by atoms with van der Waals surface area (Å²) in [6.07, 6.45) is 0. The molecule has 7 heteroatoms. The van der Waals surface area contributed by atoms with Crippen LogP contribution in [0.2, 0.25) is 0 Å². The van der Waals surface area contributed by atoms with Crippen LogP contribution < -0.4 is 10.0 Å². The highest BCUT2D eigenvalue weighted by Gasteiger charge is 2.18. The molecule has 2 rings (SSSR count). The number of nitrogens with one attached hydrogen (secondary N) is 2. The van der Waals surface area contributed by atoms with Gasteiger partial charge in [-0.15, -0.1) is 0 Å². The van der Waals surface area contributed by atoms with Gasteiger partial charge in [0.1, 0.15) is 11.5 Å². The van der Waals surface area contributed by atoms with Gasteiger partial charge in [-0.05, 0) is 59.7 Å². The number of hydrogen-bond donors (Lipinski definition) is 2. The van der Waals surface area contributed by atoms with Crippen molar-refractivity contribution in [2.45, 2.75) is 24.9 Å². The fraction of sp³-hybridized carbons (Fsp3) is 0.286. The van der Waals surface area contributed by atoms with Gasteiger partial charge in [0.25, 0.3) is 0 Å². The summed E-state index contributed by atoms with van der Waals surface area (Å²) in [5.41, 5.74) is 0.898. The SMILES string of the molecule is CNCc1ccc(Br)c(S(=O)(=O)NCc2ccc(C)o2)c1. The van der Waals surface area contributed by atoms with Crippen LogP contribution in [0.3, 0.4) is 0 Å². The highest BCUT2D eigenvalue weighted by atomic mass is 79.9. The molecule has 1 aromatic heterocycles. The van der Waals surface area contributed by atoms with E-state index in [1.54, 1.807) is 24.3 Å². The van der Waals surface area contributed by atoms with Crippen molar-refractivity contribution in [3.63, 3.8) is 0 Å². The summed E-state index contributed by atoms with van der Waals surface area (Å²) in [4.78, 5) is 0.221. The third kappa shape index (κ3) is 4.16. The smallest absolute Gasteiger partial charge is 0.242 e. The zero-order valence-electron chi connectivity index (χ0n) is 11.8. The van der Waals surface area contributed by atoms with Gasteiger partial charge in [0, 0.05) is 11.0 Å². The highest BCUT2D eigenvalue weighted by molar-refractivity contribution is 9.10. The van der Waals surface area contributed by atoms with E-state index in [1.807, 2.05) is 20.0 Å². The average molecular weight is 373 g/mol. The standard InChI is InChI=1S/C14H17BrN2O3S/c1-10-3-5-12(20-10)9-17-21(18,19)14-7-11(8-16-2)4-6-13(14)15/h3-7,16-17H,8-9H2,1-2H3. The molecule has 0 bridgehead atoms. The first kappa shape index (κ1) is 16.2. The number of hydrogen-bond acceptors (Lipinski definition) is 4. The Morgan fingerprint density at radius 2 is 1.95 bits per heavy atom. The van der Waals surface area contributed by atoms with Crippen LogP contribution in [-0.4, -0.2) is 15.5 Å². The number of rotatable bonds is 6. The Hall–Kier alpha value is -1.15. The van der Waals surface area contributed by atoms with E-state index in [1.165, 1.54) is 0 Å². The molecule has 0 fully saturated rings. The van der Waals surface area contributed by atoms with E-state index in [2.05, 4.69) is 26.0 Å². The van der Waals surface area contributed by atoms with Crippen molar-refractivity contribution >= 4 is 26.0 Å². The van der Waals surface area contributed by atoms with E-state index in [9.17, 15) is 8.42 Å². The zero-order valence-corrected chi connectivity index (χ0v) is 14.2. The molecule has 0 spiro atoms. The van der Waals surface area contributed by atoms with Crippen LogP contribution in [0.1, 0.15) is 17.1 Å². The molecule has 21 heavy (non-hydrogen) atoms. The lowest BCUT2D eigenvalue weighted by atomic mass is 10.2. The van der Waals surface area contributed by atoms with Gasteiger partial charge in [-0.2, -0.15) is 0 Å². The topological polar surface area (TPSA) is 71.3 Å². The van der Waals surface area contributed by atoms with E-state index in [-0.39, 0.29) is 11.4 Å². The number of sulfonamides is 1. The number of halogens is 1. The summed E-state index contributed by atoms with van der Waals surface area (Å²) in [6.45, 7) is 2.54. The molecular formula is C14H17BrN2O3S. The maximum absolute atomic E-state index is 12.4. The molecule has 0 atom stereocenters. The van der Waals surface area contributed by atoms with E-state index in [4.69, 9.17) is 4.42 Å². The van der Waals surface area contributed by atoms with Crippen molar-refractivity contribution in [2.24, 2.45) is 0 Å². The summed E-state index contributed by atoms with van der Waals surface area (Å²) < 4.78 is 33.2. The largest absolute Gasteiger partial charge is 0.465 e. The second-order valence-corrected chi connectivity index (χ2v) is 7.22. The maximum Gasteiger partial charge on any atom is 0.242 e. The lowest BCUT2D eigenvalue weighted by Gasteiger charge is -2.09. The van der Waals surface area contributed by atoms with Crippen LogP contribution in [0.4, 0.5) is 0 Å². The van der Waals surface area contributed by atoms with Gasteiger partial charge in [0.2, 0.25) is 10.0 Å². The Morgan fingerprint density at radius 1 is 1.19 bits per heavy atom. The van der Waals surface area contributed by atoms with E-state index >= 15 is 0 Å².